The van der Waals surface area contributed by atoms with E-state index in [-0.39, 0.29) is 0 Å². The number of hydrogen-bond acceptors (Lipinski definition) is 3. The van der Waals surface area contributed by atoms with Crippen LogP contribution in [0, 0.1) is 6.92 Å². The van der Waals surface area contributed by atoms with Gasteiger partial charge in [0.05, 0.1) is 4.47 Å². The molecule has 0 fully saturated rings. The highest BCUT2D eigenvalue weighted by Crippen LogP contribution is 2.32. The first kappa shape index (κ1) is 14.3. The lowest BCUT2D eigenvalue weighted by atomic mass is 10.2. The topological polar surface area (TPSA) is 34.2 Å². The summed E-state index contributed by atoms with van der Waals surface area (Å²) >= 11 is 9.32. The normalized spacial score (nSPS) is 10.5. The summed E-state index contributed by atoms with van der Waals surface area (Å²) in [5.41, 5.74) is 2.12. The molecule has 2 aromatic rings. The standard InChI is InChI=1S/C14H14BrClN2O/c1-9-5-10(7-17-2)8-18-14(9)19-13-4-3-11(16)6-12(13)15/h3-6,8,17H,7H2,1-2H3. The molecule has 2 rings (SSSR count). The molecule has 5 heteroatoms. The summed E-state index contributed by atoms with van der Waals surface area (Å²) in [4.78, 5) is 4.34. The van der Waals surface area contributed by atoms with Gasteiger partial charge in [-0.2, -0.15) is 0 Å². The van der Waals surface area contributed by atoms with E-state index in [1.807, 2.05) is 26.2 Å². The third-order valence-electron chi connectivity index (χ3n) is 2.57. The Morgan fingerprint density at radius 3 is 2.79 bits per heavy atom. The van der Waals surface area contributed by atoms with Crippen molar-refractivity contribution < 1.29 is 4.74 Å². The van der Waals surface area contributed by atoms with Crippen LogP contribution in [0.25, 0.3) is 0 Å². The highest BCUT2D eigenvalue weighted by atomic mass is 79.9. The van der Waals surface area contributed by atoms with Crippen LogP contribution in [0.3, 0.4) is 0 Å². The summed E-state index contributed by atoms with van der Waals surface area (Å²) in [5.74, 6) is 1.30. The average Bonchev–Trinajstić information content (AvgIpc) is 2.36. The van der Waals surface area contributed by atoms with Gasteiger partial charge in [0, 0.05) is 23.3 Å². The maximum Gasteiger partial charge on any atom is 0.222 e. The van der Waals surface area contributed by atoms with E-state index < -0.39 is 0 Å². The van der Waals surface area contributed by atoms with Crippen molar-refractivity contribution in [2.75, 3.05) is 7.05 Å². The first-order valence-corrected chi connectivity index (χ1v) is 7.00. The van der Waals surface area contributed by atoms with E-state index in [2.05, 4.69) is 32.3 Å². The summed E-state index contributed by atoms with van der Waals surface area (Å²) in [5, 5.41) is 3.75. The number of nitrogens with zero attached hydrogens (tertiary/aromatic N) is 1. The SMILES string of the molecule is CNCc1cnc(Oc2ccc(Cl)cc2Br)c(C)c1. The average molecular weight is 342 g/mol. The molecule has 0 saturated heterocycles. The Morgan fingerprint density at radius 2 is 2.16 bits per heavy atom. The Hall–Kier alpha value is -1.10. The second kappa shape index (κ2) is 6.37. The molecule has 19 heavy (non-hydrogen) atoms. The quantitative estimate of drug-likeness (QED) is 0.899. The molecule has 1 heterocycles. The van der Waals surface area contributed by atoms with Gasteiger partial charge in [-0.15, -0.1) is 0 Å². The number of rotatable bonds is 4. The molecule has 100 valence electrons. The third-order valence-corrected chi connectivity index (χ3v) is 3.42. The molecule has 1 aromatic carbocycles. The van der Waals surface area contributed by atoms with Crippen LogP contribution in [0.15, 0.2) is 34.9 Å². The van der Waals surface area contributed by atoms with Crippen molar-refractivity contribution in [1.29, 1.82) is 0 Å². The number of aromatic nitrogens is 1. The zero-order valence-corrected chi connectivity index (χ0v) is 13.0. The van der Waals surface area contributed by atoms with E-state index in [1.165, 1.54) is 0 Å². The third kappa shape index (κ3) is 3.69. The first-order chi connectivity index (χ1) is 9.10. The van der Waals surface area contributed by atoms with E-state index in [0.717, 1.165) is 22.1 Å². The Kier molecular flexibility index (Phi) is 4.80. The van der Waals surface area contributed by atoms with Crippen molar-refractivity contribution in [2.45, 2.75) is 13.5 Å². The number of nitrogens with one attached hydrogen (secondary N) is 1. The lowest BCUT2D eigenvalue weighted by molar-refractivity contribution is 0.455. The number of hydrogen-bond donors (Lipinski definition) is 1. The predicted octanol–water partition coefficient (Wildman–Crippen LogP) is 4.32. The second-order valence-corrected chi connectivity index (χ2v) is 5.46. The largest absolute Gasteiger partial charge is 0.438 e. The van der Waals surface area contributed by atoms with Gasteiger partial charge in [-0.3, -0.25) is 0 Å². The molecule has 0 amide bonds. The van der Waals surface area contributed by atoms with Crippen molar-refractivity contribution in [1.82, 2.24) is 10.3 Å². The van der Waals surface area contributed by atoms with Gasteiger partial charge in [0.25, 0.3) is 0 Å². The summed E-state index contributed by atoms with van der Waals surface area (Å²) in [6.45, 7) is 2.77. The number of benzene rings is 1. The van der Waals surface area contributed by atoms with Gasteiger partial charge in [-0.25, -0.2) is 4.98 Å². The minimum atomic E-state index is 0.600. The fraction of sp³-hybridized carbons (Fsp3) is 0.214. The Labute approximate surface area is 126 Å². The minimum Gasteiger partial charge on any atom is -0.438 e. The lowest BCUT2D eigenvalue weighted by Crippen LogP contribution is -2.06. The van der Waals surface area contributed by atoms with Crippen LogP contribution >= 0.6 is 27.5 Å². The van der Waals surface area contributed by atoms with E-state index in [9.17, 15) is 0 Å². The highest BCUT2D eigenvalue weighted by molar-refractivity contribution is 9.10. The van der Waals surface area contributed by atoms with Crippen molar-refractivity contribution in [3.05, 3.63) is 51.1 Å². The van der Waals surface area contributed by atoms with Gasteiger partial charge < -0.3 is 10.1 Å². The van der Waals surface area contributed by atoms with Crippen LogP contribution in [0.5, 0.6) is 11.6 Å². The van der Waals surface area contributed by atoms with Gasteiger partial charge in [-0.05, 0) is 59.7 Å². The van der Waals surface area contributed by atoms with Crippen LogP contribution in [0.1, 0.15) is 11.1 Å². The smallest absolute Gasteiger partial charge is 0.222 e. The van der Waals surface area contributed by atoms with E-state index in [4.69, 9.17) is 16.3 Å². The molecule has 0 atom stereocenters. The fourth-order valence-corrected chi connectivity index (χ4v) is 2.45. The molecule has 0 radical (unpaired) electrons. The Bertz CT molecular complexity index is 590. The predicted molar refractivity (Wildman–Crippen MR) is 81.0 cm³/mol. The van der Waals surface area contributed by atoms with Gasteiger partial charge in [0.1, 0.15) is 5.75 Å². The van der Waals surface area contributed by atoms with E-state index in [1.54, 1.807) is 12.1 Å². The van der Waals surface area contributed by atoms with Gasteiger partial charge in [-0.1, -0.05) is 11.6 Å². The molecule has 1 N–H and O–H groups in total. The Morgan fingerprint density at radius 1 is 1.37 bits per heavy atom. The molecule has 0 bridgehead atoms. The molecule has 0 aliphatic rings. The minimum absolute atomic E-state index is 0.600. The lowest BCUT2D eigenvalue weighted by Gasteiger charge is -2.10. The molecule has 1 aromatic heterocycles. The van der Waals surface area contributed by atoms with Gasteiger partial charge in [0.15, 0.2) is 0 Å². The number of pyridine rings is 1. The number of aryl methyl sites for hydroxylation is 1. The molecule has 0 unspecified atom stereocenters. The molecule has 3 nitrogen and oxygen atoms in total. The van der Waals surface area contributed by atoms with Crippen molar-refractivity contribution >= 4 is 27.5 Å². The van der Waals surface area contributed by atoms with Crippen molar-refractivity contribution in [3.63, 3.8) is 0 Å². The summed E-state index contributed by atoms with van der Waals surface area (Å²) in [6, 6.07) is 7.45. The zero-order chi connectivity index (χ0) is 13.8. The van der Waals surface area contributed by atoms with Gasteiger partial charge >= 0.3 is 0 Å². The molecule has 0 saturated carbocycles. The van der Waals surface area contributed by atoms with E-state index >= 15 is 0 Å². The van der Waals surface area contributed by atoms with Crippen LogP contribution in [-0.4, -0.2) is 12.0 Å². The fourth-order valence-electron chi connectivity index (χ4n) is 1.69. The maximum absolute atomic E-state index is 5.90. The summed E-state index contributed by atoms with van der Waals surface area (Å²) in [6.07, 6.45) is 1.81. The summed E-state index contributed by atoms with van der Waals surface area (Å²) < 4.78 is 6.60. The summed E-state index contributed by atoms with van der Waals surface area (Å²) in [7, 11) is 1.91. The number of ether oxygens (including phenoxy) is 1. The van der Waals surface area contributed by atoms with Crippen molar-refractivity contribution in [2.24, 2.45) is 0 Å². The van der Waals surface area contributed by atoms with Crippen LogP contribution < -0.4 is 10.1 Å². The van der Waals surface area contributed by atoms with Crippen LogP contribution in [0.4, 0.5) is 0 Å². The molecule has 0 spiro atoms. The monoisotopic (exact) mass is 340 g/mol. The first-order valence-electron chi connectivity index (χ1n) is 5.83. The molecule has 0 aliphatic carbocycles. The second-order valence-electron chi connectivity index (χ2n) is 4.17. The molecular weight excluding hydrogens is 328 g/mol. The van der Waals surface area contributed by atoms with Gasteiger partial charge in [0.2, 0.25) is 5.88 Å². The van der Waals surface area contributed by atoms with Crippen LogP contribution in [-0.2, 0) is 6.54 Å². The molecule has 0 aliphatic heterocycles. The highest BCUT2D eigenvalue weighted by Gasteiger charge is 2.07. The maximum atomic E-state index is 5.90. The zero-order valence-electron chi connectivity index (χ0n) is 10.7. The van der Waals surface area contributed by atoms with Crippen molar-refractivity contribution in [3.8, 4) is 11.6 Å². The van der Waals surface area contributed by atoms with Crippen LogP contribution in [0.2, 0.25) is 5.02 Å². The molecular formula is C14H14BrClN2O. The van der Waals surface area contributed by atoms with E-state index in [0.29, 0.717) is 16.7 Å². The number of halogens is 2. The Balaban J connectivity index is 2.23.